The van der Waals surface area contributed by atoms with Crippen LogP contribution in [0.25, 0.3) is 0 Å². The maximum atomic E-state index is 11.2. The predicted molar refractivity (Wildman–Crippen MR) is 50.3 cm³/mol. The Bertz CT molecular complexity index is 157. The van der Waals surface area contributed by atoms with Gasteiger partial charge in [-0.3, -0.25) is 4.79 Å². The van der Waals surface area contributed by atoms with E-state index in [9.17, 15) is 4.79 Å². The summed E-state index contributed by atoms with van der Waals surface area (Å²) in [6, 6.07) is 0. The predicted octanol–water partition coefficient (Wildman–Crippen LogP) is 0.315. The number of esters is 1. The van der Waals surface area contributed by atoms with Crippen molar-refractivity contribution in [3.63, 3.8) is 0 Å². The summed E-state index contributed by atoms with van der Waals surface area (Å²) in [6.07, 6.45) is 1.06. The average Bonchev–Trinajstić information content (AvgIpc) is 2.58. The first-order valence-corrected chi connectivity index (χ1v) is 4.82. The van der Waals surface area contributed by atoms with Gasteiger partial charge in [-0.25, -0.2) is 0 Å². The second kappa shape index (κ2) is 4.72. The second-order valence-electron chi connectivity index (χ2n) is 3.07. The fraction of sp³-hybridized carbons (Fsp3) is 0.875. The van der Waals surface area contributed by atoms with Gasteiger partial charge in [0.1, 0.15) is 0 Å². The highest BCUT2D eigenvalue weighted by atomic mass is 32.1. The van der Waals surface area contributed by atoms with Crippen molar-refractivity contribution in [2.24, 2.45) is 11.8 Å². The number of ether oxygens (including phenoxy) is 1. The van der Waals surface area contributed by atoms with Crippen LogP contribution >= 0.6 is 12.6 Å². The number of nitrogens with one attached hydrogen (secondary N) is 1. The van der Waals surface area contributed by atoms with Gasteiger partial charge in [-0.15, -0.1) is 0 Å². The third-order valence-electron chi connectivity index (χ3n) is 2.37. The van der Waals surface area contributed by atoms with Crippen molar-refractivity contribution in [2.45, 2.75) is 6.42 Å². The van der Waals surface area contributed by atoms with Crippen LogP contribution in [0.3, 0.4) is 0 Å². The fourth-order valence-electron chi connectivity index (χ4n) is 1.59. The normalized spacial score (nSPS) is 25.3. The van der Waals surface area contributed by atoms with Crippen molar-refractivity contribution in [3.05, 3.63) is 0 Å². The summed E-state index contributed by atoms with van der Waals surface area (Å²) in [5, 5.41) is 3.22. The molecule has 2 atom stereocenters. The maximum Gasteiger partial charge on any atom is 0.309 e. The molecule has 0 aliphatic carbocycles. The molecule has 1 aliphatic heterocycles. The molecule has 1 heterocycles. The third kappa shape index (κ3) is 2.14. The minimum absolute atomic E-state index is 0.0340. The molecule has 3 nitrogen and oxygen atoms in total. The van der Waals surface area contributed by atoms with Gasteiger partial charge in [0.15, 0.2) is 0 Å². The van der Waals surface area contributed by atoms with Gasteiger partial charge >= 0.3 is 5.97 Å². The average molecular weight is 189 g/mol. The summed E-state index contributed by atoms with van der Waals surface area (Å²) in [5.74, 6) is 0.834. The fourth-order valence-corrected chi connectivity index (χ4v) is 2.04. The van der Waals surface area contributed by atoms with E-state index in [-0.39, 0.29) is 11.9 Å². The molecule has 1 fully saturated rings. The van der Waals surface area contributed by atoms with E-state index in [2.05, 4.69) is 17.9 Å². The largest absolute Gasteiger partial charge is 0.469 e. The van der Waals surface area contributed by atoms with Crippen LogP contribution in [-0.4, -0.2) is 31.9 Å². The molecule has 0 aromatic rings. The zero-order valence-corrected chi connectivity index (χ0v) is 8.14. The zero-order valence-electron chi connectivity index (χ0n) is 7.25. The molecule has 0 spiro atoms. The Morgan fingerprint density at radius 1 is 1.83 bits per heavy atom. The topological polar surface area (TPSA) is 38.3 Å². The molecule has 4 heteroatoms. The van der Waals surface area contributed by atoms with Crippen LogP contribution in [0.5, 0.6) is 0 Å². The lowest BCUT2D eigenvalue weighted by atomic mass is 9.93. The summed E-state index contributed by atoms with van der Waals surface area (Å²) in [5.41, 5.74) is 0. The van der Waals surface area contributed by atoms with Gasteiger partial charge in [0.25, 0.3) is 0 Å². The second-order valence-corrected chi connectivity index (χ2v) is 3.43. The van der Waals surface area contributed by atoms with Gasteiger partial charge in [-0.05, 0) is 25.4 Å². The molecule has 0 saturated carbocycles. The summed E-state index contributed by atoms with van der Waals surface area (Å²) < 4.78 is 4.70. The summed E-state index contributed by atoms with van der Waals surface area (Å²) >= 11 is 4.16. The van der Waals surface area contributed by atoms with Crippen molar-refractivity contribution < 1.29 is 9.53 Å². The molecular formula is C8H15NO2S. The molecule has 0 radical (unpaired) electrons. The van der Waals surface area contributed by atoms with Crippen LogP contribution in [-0.2, 0) is 9.53 Å². The Balaban J connectivity index is 2.48. The van der Waals surface area contributed by atoms with Gasteiger partial charge in [0.2, 0.25) is 0 Å². The van der Waals surface area contributed by atoms with Crippen LogP contribution in [0.2, 0.25) is 0 Å². The van der Waals surface area contributed by atoms with Gasteiger partial charge in [-0.1, -0.05) is 0 Å². The van der Waals surface area contributed by atoms with E-state index in [1.807, 2.05) is 0 Å². The van der Waals surface area contributed by atoms with E-state index < -0.39 is 0 Å². The number of rotatable bonds is 3. The molecule has 0 amide bonds. The van der Waals surface area contributed by atoms with E-state index in [0.29, 0.717) is 11.7 Å². The molecule has 2 unspecified atom stereocenters. The van der Waals surface area contributed by atoms with Gasteiger partial charge in [0, 0.05) is 5.75 Å². The quantitative estimate of drug-likeness (QED) is 0.496. The summed E-state index contributed by atoms with van der Waals surface area (Å²) in [7, 11) is 1.43. The number of hydrogen-bond acceptors (Lipinski definition) is 4. The van der Waals surface area contributed by atoms with Crippen molar-refractivity contribution in [3.8, 4) is 0 Å². The van der Waals surface area contributed by atoms with Crippen molar-refractivity contribution >= 4 is 18.6 Å². The number of hydrogen-bond donors (Lipinski definition) is 2. The Hall–Kier alpha value is -0.220. The molecule has 1 N–H and O–H groups in total. The molecule has 70 valence electrons. The first kappa shape index (κ1) is 9.86. The minimum atomic E-state index is -0.126. The highest BCUT2D eigenvalue weighted by molar-refractivity contribution is 7.80. The molecular weight excluding hydrogens is 174 g/mol. The van der Waals surface area contributed by atoms with Gasteiger partial charge < -0.3 is 10.1 Å². The summed E-state index contributed by atoms with van der Waals surface area (Å²) in [4.78, 5) is 11.2. The van der Waals surface area contributed by atoms with E-state index in [4.69, 9.17) is 4.74 Å². The first-order valence-electron chi connectivity index (χ1n) is 4.19. The zero-order chi connectivity index (χ0) is 8.97. The van der Waals surface area contributed by atoms with Crippen LogP contribution in [0, 0.1) is 11.8 Å². The number of thiol groups is 1. The standard InChI is InChI=1S/C8H15NO2S/c1-11-8(10)7(5-12)6-2-3-9-4-6/h6-7,9,12H,2-5H2,1H3. The van der Waals surface area contributed by atoms with E-state index >= 15 is 0 Å². The van der Waals surface area contributed by atoms with Crippen LogP contribution in [0.1, 0.15) is 6.42 Å². The molecule has 1 aliphatic rings. The lowest BCUT2D eigenvalue weighted by molar-refractivity contribution is -0.146. The first-order chi connectivity index (χ1) is 5.79. The van der Waals surface area contributed by atoms with Gasteiger partial charge in [-0.2, -0.15) is 12.6 Å². The molecule has 1 saturated heterocycles. The Morgan fingerprint density at radius 3 is 3.00 bits per heavy atom. The molecule has 0 bridgehead atoms. The maximum absolute atomic E-state index is 11.2. The highest BCUT2D eigenvalue weighted by Gasteiger charge is 2.29. The number of methoxy groups -OCH3 is 1. The van der Waals surface area contributed by atoms with Crippen LogP contribution in [0.4, 0.5) is 0 Å². The lowest BCUT2D eigenvalue weighted by Crippen LogP contribution is -2.28. The van der Waals surface area contributed by atoms with Crippen LogP contribution < -0.4 is 5.32 Å². The molecule has 0 aromatic carbocycles. The van der Waals surface area contributed by atoms with E-state index in [1.165, 1.54) is 7.11 Å². The highest BCUT2D eigenvalue weighted by Crippen LogP contribution is 2.21. The number of carbonyl (C=O) groups excluding carboxylic acids is 1. The van der Waals surface area contributed by atoms with Crippen molar-refractivity contribution in [1.82, 2.24) is 5.32 Å². The Labute approximate surface area is 78.3 Å². The SMILES string of the molecule is COC(=O)C(CS)C1CCNC1. The smallest absolute Gasteiger partial charge is 0.309 e. The monoisotopic (exact) mass is 189 g/mol. The van der Waals surface area contributed by atoms with E-state index in [0.717, 1.165) is 19.5 Å². The lowest BCUT2D eigenvalue weighted by Gasteiger charge is -2.17. The molecule has 1 rings (SSSR count). The van der Waals surface area contributed by atoms with E-state index in [1.54, 1.807) is 0 Å². The van der Waals surface area contributed by atoms with Crippen LogP contribution in [0.15, 0.2) is 0 Å². The molecule has 12 heavy (non-hydrogen) atoms. The minimum Gasteiger partial charge on any atom is -0.469 e. The van der Waals surface area contributed by atoms with Crippen molar-refractivity contribution in [2.75, 3.05) is 26.0 Å². The number of carbonyl (C=O) groups is 1. The Kier molecular flexibility index (Phi) is 3.88. The van der Waals surface area contributed by atoms with Gasteiger partial charge in [0.05, 0.1) is 13.0 Å². The van der Waals surface area contributed by atoms with Crippen molar-refractivity contribution in [1.29, 1.82) is 0 Å². The third-order valence-corrected chi connectivity index (χ3v) is 2.76. The summed E-state index contributed by atoms with van der Waals surface area (Å²) in [6.45, 7) is 1.92. The Morgan fingerprint density at radius 2 is 2.58 bits per heavy atom. The molecule has 0 aromatic heterocycles.